The van der Waals surface area contributed by atoms with Crippen LogP contribution in [0.15, 0.2) is 24.7 Å². The van der Waals surface area contributed by atoms with E-state index < -0.39 is 11.9 Å². The van der Waals surface area contributed by atoms with E-state index in [9.17, 15) is 4.39 Å². The second-order valence-corrected chi connectivity index (χ2v) is 2.93. The van der Waals surface area contributed by atoms with Gasteiger partial charge in [-0.25, -0.2) is 9.82 Å². The van der Waals surface area contributed by atoms with Crippen LogP contribution in [0, 0.1) is 5.82 Å². The Labute approximate surface area is 84.7 Å². The van der Waals surface area contributed by atoms with Crippen LogP contribution in [-0.2, 0) is 0 Å². The molecular weight excluding hydrogens is 199 g/mol. The molecule has 0 spiro atoms. The Hall–Kier alpha value is -1.86. The highest BCUT2D eigenvalue weighted by molar-refractivity contribution is 5.23. The normalized spacial score (nSPS) is 12.7. The smallest absolute Gasteiger partial charge is 0.141 e. The molecule has 0 fully saturated rings. The first-order valence-electron chi connectivity index (χ1n) is 4.23. The van der Waals surface area contributed by atoms with E-state index >= 15 is 0 Å². The number of hydrogen-bond acceptors (Lipinski definition) is 5. The first kappa shape index (κ1) is 9.69. The molecule has 1 atom stereocenters. The van der Waals surface area contributed by atoms with Crippen LogP contribution in [0.1, 0.15) is 17.3 Å². The Balaban J connectivity index is 2.35. The Morgan fingerprint density at radius 1 is 1.40 bits per heavy atom. The number of H-pyrrole nitrogens is 1. The minimum Gasteiger partial charge on any atom is -0.271 e. The molecule has 0 aliphatic carbocycles. The molecule has 0 amide bonds. The SMILES string of the molecule is NNC(c1cncc(F)c1)c1cn[nH]n1. The molecule has 7 heteroatoms. The number of hydrogen-bond donors (Lipinski definition) is 3. The molecule has 2 rings (SSSR count). The average molecular weight is 208 g/mol. The van der Waals surface area contributed by atoms with Gasteiger partial charge in [-0.15, -0.1) is 0 Å². The van der Waals surface area contributed by atoms with Crippen LogP contribution in [0.5, 0.6) is 0 Å². The summed E-state index contributed by atoms with van der Waals surface area (Å²) in [5.41, 5.74) is 3.68. The van der Waals surface area contributed by atoms with Crippen molar-refractivity contribution in [2.24, 2.45) is 5.84 Å². The Morgan fingerprint density at radius 2 is 2.27 bits per heavy atom. The van der Waals surface area contributed by atoms with Gasteiger partial charge in [-0.1, -0.05) is 0 Å². The Bertz CT molecular complexity index is 428. The van der Waals surface area contributed by atoms with Crippen molar-refractivity contribution in [3.8, 4) is 0 Å². The second-order valence-electron chi connectivity index (χ2n) is 2.93. The van der Waals surface area contributed by atoms with Crippen molar-refractivity contribution in [1.29, 1.82) is 0 Å². The van der Waals surface area contributed by atoms with Crippen molar-refractivity contribution < 1.29 is 4.39 Å². The predicted octanol–water partition coefficient (Wildman–Crippen LogP) is -0.109. The van der Waals surface area contributed by atoms with Crippen molar-refractivity contribution in [2.75, 3.05) is 0 Å². The van der Waals surface area contributed by atoms with E-state index in [1.54, 1.807) is 0 Å². The van der Waals surface area contributed by atoms with Crippen molar-refractivity contribution in [1.82, 2.24) is 25.8 Å². The number of nitrogens with two attached hydrogens (primary N) is 1. The van der Waals surface area contributed by atoms with Crippen LogP contribution in [-0.4, -0.2) is 20.4 Å². The number of halogens is 1. The first-order valence-corrected chi connectivity index (χ1v) is 4.23. The van der Waals surface area contributed by atoms with Crippen molar-refractivity contribution in [2.45, 2.75) is 6.04 Å². The molecule has 78 valence electrons. The van der Waals surface area contributed by atoms with Gasteiger partial charge in [-0.3, -0.25) is 10.8 Å². The number of aromatic nitrogens is 4. The Morgan fingerprint density at radius 3 is 2.87 bits per heavy atom. The van der Waals surface area contributed by atoms with E-state index in [2.05, 4.69) is 25.8 Å². The van der Waals surface area contributed by atoms with Crippen LogP contribution in [0.3, 0.4) is 0 Å². The topological polar surface area (TPSA) is 92.5 Å². The molecule has 2 heterocycles. The van der Waals surface area contributed by atoms with Gasteiger partial charge in [0.1, 0.15) is 11.5 Å². The summed E-state index contributed by atoms with van der Waals surface area (Å²) in [6.45, 7) is 0. The zero-order valence-corrected chi connectivity index (χ0v) is 7.68. The van der Waals surface area contributed by atoms with E-state index in [0.717, 1.165) is 6.20 Å². The van der Waals surface area contributed by atoms with Gasteiger partial charge in [0.15, 0.2) is 0 Å². The highest BCUT2D eigenvalue weighted by Crippen LogP contribution is 2.17. The molecule has 4 N–H and O–H groups in total. The van der Waals surface area contributed by atoms with Crippen LogP contribution < -0.4 is 11.3 Å². The number of nitrogens with one attached hydrogen (secondary N) is 2. The maximum atomic E-state index is 12.9. The summed E-state index contributed by atoms with van der Waals surface area (Å²) < 4.78 is 12.9. The highest BCUT2D eigenvalue weighted by Gasteiger charge is 2.15. The number of hydrazine groups is 1. The lowest BCUT2D eigenvalue weighted by Crippen LogP contribution is -2.29. The first-order chi connectivity index (χ1) is 7.31. The molecule has 0 radical (unpaired) electrons. The lowest BCUT2D eigenvalue weighted by atomic mass is 10.1. The molecule has 0 aliphatic rings. The third kappa shape index (κ3) is 1.97. The molecule has 15 heavy (non-hydrogen) atoms. The van der Waals surface area contributed by atoms with Gasteiger partial charge in [-0.05, 0) is 11.6 Å². The van der Waals surface area contributed by atoms with Gasteiger partial charge in [0.05, 0.1) is 18.4 Å². The largest absolute Gasteiger partial charge is 0.271 e. The maximum absolute atomic E-state index is 12.9. The molecule has 1 unspecified atom stereocenters. The summed E-state index contributed by atoms with van der Waals surface area (Å²) >= 11 is 0. The summed E-state index contributed by atoms with van der Waals surface area (Å²) in [7, 11) is 0. The fraction of sp³-hybridized carbons (Fsp3) is 0.125. The number of pyridine rings is 1. The summed E-state index contributed by atoms with van der Waals surface area (Å²) in [5.74, 6) is 4.94. The molecule has 2 aromatic heterocycles. The van der Waals surface area contributed by atoms with Gasteiger partial charge >= 0.3 is 0 Å². The minimum atomic E-state index is -0.424. The van der Waals surface area contributed by atoms with Crippen LogP contribution in [0.4, 0.5) is 4.39 Å². The zero-order chi connectivity index (χ0) is 10.7. The standard InChI is InChI=1S/C8H9FN6/c9-6-1-5(2-11-3-6)8(13-10)7-4-12-15-14-7/h1-4,8,13H,10H2,(H,12,14,15). The van der Waals surface area contributed by atoms with Crippen molar-refractivity contribution in [3.05, 3.63) is 41.7 Å². The zero-order valence-electron chi connectivity index (χ0n) is 7.68. The van der Waals surface area contributed by atoms with E-state index in [-0.39, 0.29) is 0 Å². The predicted molar refractivity (Wildman–Crippen MR) is 49.7 cm³/mol. The Kier molecular flexibility index (Phi) is 2.66. The van der Waals surface area contributed by atoms with E-state index in [0.29, 0.717) is 11.3 Å². The minimum absolute atomic E-state index is 0.420. The lowest BCUT2D eigenvalue weighted by molar-refractivity contribution is 0.590. The van der Waals surface area contributed by atoms with E-state index in [4.69, 9.17) is 5.84 Å². The lowest BCUT2D eigenvalue weighted by Gasteiger charge is -2.12. The number of nitrogens with zero attached hydrogens (tertiary/aromatic N) is 3. The summed E-state index contributed by atoms with van der Waals surface area (Å²) in [5, 5.41) is 9.98. The van der Waals surface area contributed by atoms with Gasteiger partial charge in [0.25, 0.3) is 0 Å². The van der Waals surface area contributed by atoms with Gasteiger partial charge in [-0.2, -0.15) is 15.4 Å². The van der Waals surface area contributed by atoms with E-state index in [1.165, 1.54) is 18.5 Å². The maximum Gasteiger partial charge on any atom is 0.141 e. The number of rotatable bonds is 3. The molecule has 0 saturated carbocycles. The van der Waals surface area contributed by atoms with Gasteiger partial charge in [0.2, 0.25) is 0 Å². The fourth-order valence-corrected chi connectivity index (χ4v) is 1.29. The molecule has 0 bridgehead atoms. The van der Waals surface area contributed by atoms with Crippen LogP contribution in [0.25, 0.3) is 0 Å². The third-order valence-electron chi connectivity index (χ3n) is 1.96. The van der Waals surface area contributed by atoms with Crippen LogP contribution >= 0.6 is 0 Å². The summed E-state index contributed by atoms with van der Waals surface area (Å²) in [6, 6.07) is 0.915. The molecule has 0 saturated heterocycles. The summed E-state index contributed by atoms with van der Waals surface area (Å²) in [4.78, 5) is 3.73. The molecule has 0 aliphatic heterocycles. The summed E-state index contributed by atoms with van der Waals surface area (Å²) in [6.07, 6.45) is 4.15. The molecular formula is C8H9FN6. The molecule has 2 aromatic rings. The molecule has 6 nitrogen and oxygen atoms in total. The monoisotopic (exact) mass is 208 g/mol. The van der Waals surface area contributed by atoms with Crippen molar-refractivity contribution in [3.63, 3.8) is 0 Å². The average Bonchev–Trinajstić information content (AvgIpc) is 2.72. The second kappa shape index (κ2) is 4.11. The third-order valence-corrected chi connectivity index (χ3v) is 1.96. The highest BCUT2D eigenvalue weighted by atomic mass is 19.1. The molecule has 0 aromatic carbocycles. The van der Waals surface area contributed by atoms with Gasteiger partial charge in [0, 0.05) is 6.20 Å². The van der Waals surface area contributed by atoms with Crippen LogP contribution in [0.2, 0.25) is 0 Å². The van der Waals surface area contributed by atoms with Gasteiger partial charge < -0.3 is 0 Å². The van der Waals surface area contributed by atoms with Crippen molar-refractivity contribution >= 4 is 0 Å². The van der Waals surface area contributed by atoms with E-state index in [1.807, 2.05) is 0 Å². The quantitative estimate of drug-likeness (QED) is 0.483. The number of aromatic amines is 1. The fourth-order valence-electron chi connectivity index (χ4n) is 1.29.